The van der Waals surface area contributed by atoms with Gasteiger partial charge in [0.05, 0.1) is 5.57 Å². The van der Waals surface area contributed by atoms with Gasteiger partial charge in [-0.1, -0.05) is 54.6 Å². The fourth-order valence-electron chi connectivity index (χ4n) is 4.77. The van der Waals surface area contributed by atoms with Gasteiger partial charge in [0, 0.05) is 29.6 Å². The van der Waals surface area contributed by atoms with Gasteiger partial charge >= 0.3 is 0 Å². The van der Waals surface area contributed by atoms with E-state index in [9.17, 15) is 4.79 Å². The van der Waals surface area contributed by atoms with Crippen LogP contribution in [0.3, 0.4) is 0 Å². The van der Waals surface area contributed by atoms with E-state index in [0.717, 1.165) is 44.3 Å². The summed E-state index contributed by atoms with van der Waals surface area (Å²) in [5.74, 6) is 1.04. The van der Waals surface area contributed by atoms with Crippen LogP contribution in [0, 0.1) is 5.41 Å². The van der Waals surface area contributed by atoms with Gasteiger partial charge in [-0.15, -0.1) is 0 Å². The second-order valence-corrected chi connectivity index (χ2v) is 10.1. The number of ether oxygens (including phenoxy) is 2. The highest BCUT2D eigenvalue weighted by Gasteiger charge is 2.35. The molecule has 3 aliphatic heterocycles. The van der Waals surface area contributed by atoms with E-state index >= 15 is 0 Å². The molecule has 3 aliphatic rings. The van der Waals surface area contributed by atoms with E-state index < -0.39 is 5.91 Å². The molecule has 7 rings (SSSR count). The first kappa shape index (κ1) is 22.6. The van der Waals surface area contributed by atoms with E-state index in [1.165, 1.54) is 16.8 Å². The number of nitrogens with zero attached hydrogens (tertiary/aromatic N) is 4. The number of hydrogen-bond acceptors (Lipinski definition) is 6. The normalized spacial score (nSPS) is 17.3. The lowest BCUT2D eigenvalue weighted by Gasteiger charge is -2.20. The molecular formula is C29H21N5O3S. The van der Waals surface area contributed by atoms with Crippen LogP contribution in [0.5, 0.6) is 11.5 Å². The Hall–Kier alpha value is -4.63. The maximum atomic E-state index is 13.1. The average molecular weight is 520 g/mol. The number of hydrazone groups is 1. The molecule has 1 aromatic heterocycles. The molecule has 0 fully saturated rings. The topological polar surface area (TPSA) is 92.3 Å². The minimum Gasteiger partial charge on any atom is -0.454 e. The van der Waals surface area contributed by atoms with Crippen molar-refractivity contribution in [2.45, 2.75) is 13.0 Å². The molecule has 1 N–H and O–H groups in total. The zero-order valence-electron chi connectivity index (χ0n) is 20.1. The molecule has 186 valence electrons. The van der Waals surface area contributed by atoms with Gasteiger partial charge in [0.25, 0.3) is 5.91 Å². The van der Waals surface area contributed by atoms with Crippen molar-refractivity contribution in [1.82, 2.24) is 9.58 Å². The highest BCUT2D eigenvalue weighted by Crippen LogP contribution is 2.34. The molecule has 9 heteroatoms. The third kappa shape index (κ3) is 3.97. The summed E-state index contributed by atoms with van der Waals surface area (Å²) in [7, 11) is 0. The predicted octanol–water partition coefficient (Wildman–Crippen LogP) is 5.28. The van der Waals surface area contributed by atoms with Crippen molar-refractivity contribution in [2.24, 2.45) is 10.1 Å². The molecule has 38 heavy (non-hydrogen) atoms. The predicted molar refractivity (Wildman–Crippen MR) is 149 cm³/mol. The van der Waals surface area contributed by atoms with Crippen molar-refractivity contribution in [2.75, 3.05) is 6.79 Å². The van der Waals surface area contributed by atoms with E-state index in [4.69, 9.17) is 14.9 Å². The number of amides is 1. The first-order chi connectivity index (χ1) is 18.6. The van der Waals surface area contributed by atoms with E-state index in [2.05, 4.69) is 14.7 Å². The number of nitrogens with one attached hydrogen (secondary N) is 1. The zero-order valence-corrected chi connectivity index (χ0v) is 20.9. The zero-order chi connectivity index (χ0) is 25.6. The molecule has 0 saturated heterocycles. The lowest BCUT2D eigenvalue weighted by Crippen LogP contribution is -2.35. The van der Waals surface area contributed by atoms with Crippen molar-refractivity contribution in [1.29, 1.82) is 5.41 Å². The Kier molecular flexibility index (Phi) is 5.36. The van der Waals surface area contributed by atoms with Gasteiger partial charge in [-0.2, -0.15) is 15.1 Å². The van der Waals surface area contributed by atoms with Gasteiger partial charge in [-0.05, 0) is 53.2 Å². The van der Waals surface area contributed by atoms with Crippen molar-refractivity contribution in [3.8, 4) is 11.5 Å². The quantitative estimate of drug-likeness (QED) is 0.362. The minimum absolute atomic E-state index is 0.0236. The summed E-state index contributed by atoms with van der Waals surface area (Å²) in [5.41, 5.74) is 4.17. The van der Waals surface area contributed by atoms with E-state index in [1.54, 1.807) is 6.08 Å². The number of para-hydroxylation sites is 1. The Balaban J connectivity index is 1.24. The number of aliphatic imine (C=N–C) groups is 1. The van der Waals surface area contributed by atoms with Gasteiger partial charge in [0.2, 0.25) is 12.0 Å². The number of hydrogen-bond donors (Lipinski definition) is 1. The highest BCUT2D eigenvalue weighted by atomic mass is 32.2. The van der Waals surface area contributed by atoms with Gasteiger partial charge in [0.1, 0.15) is 5.04 Å². The molecule has 0 spiro atoms. The number of rotatable bonds is 5. The second-order valence-electron chi connectivity index (χ2n) is 9.08. The smallest absolute Gasteiger partial charge is 0.283 e. The molecule has 8 nitrogen and oxygen atoms in total. The number of aromatic nitrogens is 1. The van der Waals surface area contributed by atoms with Crippen molar-refractivity contribution in [3.05, 3.63) is 101 Å². The third-order valence-corrected chi connectivity index (χ3v) is 7.52. The SMILES string of the molecule is N=C1/C(=C/c2cc3ccccc3n2Cc2ccc3c(c2)OCO3)C(=O)N=C2SC(Cc3ccccc3)=NN12. The van der Waals surface area contributed by atoms with E-state index in [1.807, 2.05) is 78.9 Å². The molecular weight excluding hydrogens is 498 g/mol. The van der Waals surface area contributed by atoms with Crippen LogP contribution in [0.2, 0.25) is 0 Å². The largest absolute Gasteiger partial charge is 0.454 e. The lowest BCUT2D eigenvalue weighted by atomic mass is 10.1. The summed E-state index contributed by atoms with van der Waals surface area (Å²) in [6, 6.07) is 26.0. The second kappa shape index (κ2) is 9.04. The van der Waals surface area contributed by atoms with Crippen molar-refractivity contribution >= 4 is 50.7 Å². The minimum atomic E-state index is -0.440. The maximum Gasteiger partial charge on any atom is 0.283 e. The molecule has 0 unspecified atom stereocenters. The molecule has 0 atom stereocenters. The van der Waals surface area contributed by atoms with Crippen LogP contribution in [0.15, 0.2) is 94.5 Å². The molecule has 0 bridgehead atoms. The van der Waals surface area contributed by atoms with Gasteiger partial charge in [-0.25, -0.2) is 0 Å². The van der Waals surface area contributed by atoms with Crippen LogP contribution in [-0.2, 0) is 17.8 Å². The van der Waals surface area contributed by atoms with Gasteiger partial charge in [0.15, 0.2) is 17.3 Å². The van der Waals surface area contributed by atoms with Crippen LogP contribution >= 0.6 is 11.8 Å². The highest BCUT2D eigenvalue weighted by molar-refractivity contribution is 8.26. The first-order valence-corrected chi connectivity index (χ1v) is 12.9. The number of fused-ring (bicyclic) bond motifs is 3. The fourth-order valence-corrected chi connectivity index (χ4v) is 5.69. The summed E-state index contributed by atoms with van der Waals surface area (Å²) >= 11 is 1.33. The van der Waals surface area contributed by atoms with Crippen LogP contribution < -0.4 is 9.47 Å². The van der Waals surface area contributed by atoms with E-state index in [0.29, 0.717) is 18.1 Å². The van der Waals surface area contributed by atoms with Crippen LogP contribution in [-0.4, -0.2) is 38.3 Å². The van der Waals surface area contributed by atoms with Gasteiger partial charge < -0.3 is 14.0 Å². The Labute approximate surface area is 222 Å². The fraction of sp³-hybridized carbons (Fsp3) is 0.103. The molecule has 0 radical (unpaired) electrons. The van der Waals surface area contributed by atoms with Crippen molar-refractivity contribution < 1.29 is 14.3 Å². The van der Waals surface area contributed by atoms with Crippen LogP contribution in [0.25, 0.3) is 17.0 Å². The molecule has 3 aromatic carbocycles. The number of benzene rings is 3. The molecule has 4 aromatic rings. The molecule has 0 aliphatic carbocycles. The maximum absolute atomic E-state index is 13.1. The van der Waals surface area contributed by atoms with Gasteiger partial charge in [-0.3, -0.25) is 10.2 Å². The van der Waals surface area contributed by atoms with E-state index in [-0.39, 0.29) is 18.2 Å². The Bertz CT molecular complexity index is 1720. The third-order valence-electron chi connectivity index (χ3n) is 6.61. The summed E-state index contributed by atoms with van der Waals surface area (Å²) in [4.78, 5) is 17.4. The molecule has 1 amide bonds. The van der Waals surface area contributed by atoms with Crippen molar-refractivity contribution in [3.63, 3.8) is 0 Å². The monoisotopic (exact) mass is 519 g/mol. The first-order valence-electron chi connectivity index (χ1n) is 12.1. The standard InChI is InChI=1S/C29H21N5O3S/c30-27-22(28(35)31-29-34(27)32-26(38-29)13-18-6-2-1-3-7-18)15-21-14-20-8-4-5-9-23(20)33(21)16-19-10-11-24-25(12-19)37-17-36-24/h1-12,14-15,30H,13,16-17H2/b22-15-,30-27?. The summed E-state index contributed by atoms with van der Waals surface area (Å²) in [5, 5.41) is 17.2. The summed E-state index contributed by atoms with van der Waals surface area (Å²) < 4.78 is 13.1. The number of carbonyl (C=O) groups excluding carboxylic acids is 1. The Morgan fingerprint density at radius 2 is 1.76 bits per heavy atom. The number of thioether (sulfide) groups is 1. The molecule has 4 heterocycles. The van der Waals surface area contributed by atoms with Crippen LogP contribution in [0.1, 0.15) is 16.8 Å². The summed E-state index contributed by atoms with van der Waals surface area (Å²) in [6.45, 7) is 0.776. The Morgan fingerprint density at radius 1 is 0.947 bits per heavy atom. The summed E-state index contributed by atoms with van der Waals surface area (Å²) in [6.07, 6.45) is 2.36. The van der Waals surface area contributed by atoms with Crippen LogP contribution in [0.4, 0.5) is 0 Å². The number of carbonyl (C=O) groups is 1. The lowest BCUT2D eigenvalue weighted by molar-refractivity contribution is -0.114. The number of amidine groups is 2. The Morgan fingerprint density at radius 3 is 2.66 bits per heavy atom. The average Bonchev–Trinajstić information content (AvgIpc) is 3.64. The molecule has 0 saturated carbocycles.